The fourth-order valence-corrected chi connectivity index (χ4v) is 4.94. The summed E-state index contributed by atoms with van der Waals surface area (Å²) in [6.45, 7) is 1.90. The average molecular weight is 556 g/mol. The molecule has 3 heterocycles. The quantitative estimate of drug-likeness (QED) is 0.207. The molecule has 43 heavy (non-hydrogen) atoms. The van der Waals surface area contributed by atoms with E-state index in [-0.39, 0.29) is 0 Å². The first-order chi connectivity index (χ1) is 21.2. The highest BCUT2D eigenvalue weighted by Crippen LogP contribution is 2.29. The number of rotatable bonds is 6. The normalized spacial score (nSPS) is 10.9. The van der Waals surface area contributed by atoms with E-state index in [1.165, 1.54) is 0 Å². The summed E-state index contributed by atoms with van der Waals surface area (Å²) in [7, 11) is 0. The third kappa shape index (κ3) is 5.64. The van der Waals surface area contributed by atoms with Crippen LogP contribution in [0.4, 0.5) is 0 Å². The van der Waals surface area contributed by atoms with E-state index in [0.29, 0.717) is 29.1 Å². The van der Waals surface area contributed by atoms with E-state index in [0.717, 1.165) is 44.5 Å². The molecule has 7 nitrogen and oxygen atoms in total. The zero-order valence-corrected chi connectivity index (χ0v) is 23.3. The maximum absolute atomic E-state index is 4.90. The smallest absolute Gasteiger partial charge is 0.163 e. The summed E-state index contributed by atoms with van der Waals surface area (Å²) in [6, 6.07) is 36.6. The van der Waals surface area contributed by atoms with Gasteiger partial charge in [-0.2, -0.15) is 0 Å². The van der Waals surface area contributed by atoms with Gasteiger partial charge in [0.05, 0.1) is 0 Å². The minimum Gasteiger partial charge on any atom is -0.237 e. The molecule has 4 aromatic carbocycles. The van der Waals surface area contributed by atoms with Gasteiger partial charge in [0.1, 0.15) is 5.82 Å². The van der Waals surface area contributed by atoms with Crippen LogP contribution >= 0.6 is 0 Å². The van der Waals surface area contributed by atoms with E-state index >= 15 is 0 Å². The van der Waals surface area contributed by atoms with Gasteiger partial charge in [0.25, 0.3) is 0 Å². The number of hydrogen-bond acceptors (Lipinski definition) is 7. The molecule has 0 aliphatic heterocycles. The van der Waals surface area contributed by atoms with Crippen LogP contribution in [0.25, 0.3) is 67.8 Å². The molecule has 0 amide bonds. The lowest BCUT2D eigenvalue weighted by atomic mass is 10.0. The van der Waals surface area contributed by atoms with Gasteiger partial charge in [0.15, 0.2) is 23.3 Å². The zero-order chi connectivity index (χ0) is 29.0. The van der Waals surface area contributed by atoms with Crippen molar-refractivity contribution in [2.45, 2.75) is 6.92 Å². The largest absolute Gasteiger partial charge is 0.237 e. The summed E-state index contributed by atoms with van der Waals surface area (Å²) in [4.78, 5) is 31.7. The summed E-state index contributed by atoms with van der Waals surface area (Å²) < 4.78 is 0. The zero-order valence-electron chi connectivity index (χ0n) is 23.3. The van der Waals surface area contributed by atoms with Crippen molar-refractivity contribution in [1.82, 2.24) is 34.9 Å². The van der Waals surface area contributed by atoms with Crippen LogP contribution < -0.4 is 0 Å². The third-order valence-corrected chi connectivity index (χ3v) is 7.07. The van der Waals surface area contributed by atoms with Crippen molar-refractivity contribution in [2.24, 2.45) is 0 Å². The Morgan fingerprint density at radius 2 is 0.698 bits per heavy atom. The Balaban J connectivity index is 1.17. The highest BCUT2D eigenvalue weighted by atomic mass is 15.0. The fourth-order valence-electron chi connectivity index (χ4n) is 4.94. The van der Waals surface area contributed by atoms with Gasteiger partial charge in [-0.05, 0) is 53.4 Å². The Bertz CT molecular complexity index is 1860. The Morgan fingerprint density at radius 3 is 1.12 bits per heavy atom. The van der Waals surface area contributed by atoms with Crippen LogP contribution in [0.5, 0.6) is 0 Å². The van der Waals surface area contributed by atoms with Crippen LogP contribution in [-0.4, -0.2) is 34.9 Å². The molecule has 0 aliphatic rings. The Labute approximate surface area is 249 Å². The highest BCUT2D eigenvalue weighted by molar-refractivity contribution is 5.75. The van der Waals surface area contributed by atoms with Crippen LogP contribution in [0.1, 0.15) is 5.82 Å². The average Bonchev–Trinajstić information content (AvgIpc) is 3.09. The van der Waals surface area contributed by atoms with Crippen molar-refractivity contribution >= 4 is 0 Å². The molecule has 7 heteroatoms. The third-order valence-electron chi connectivity index (χ3n) is 7.07. The molecule has 3 aromatic heterocycles. The van der Waals surface area contributed by atoms with Crippen LogP contribution in [0, 0.1) is 6.92 Å². The van der Waals surface area contributed by atoms with E-state index in [1.54, 1.807) is 24.8 Å². The summed E-state index contributed by atoms with van der Waals surface area (Å²) in [6.07, 6.45) is 7.00. The Morgan fingerprint density at radius 1 is 0.326 bits per heavy atom. The molecular formula is C36H25N7. The lowest BCUT2D eigenvalue weighted by Gasteiger charge is -2.09. The minimum absolute atomic E-state index is 0.635. The van der Waals surface area contributed by atoms with Gasteiger partial charge in [-0.3, -0.25) is 0 Å². The first kappa shape index (κ1) is 26.0. The lowest BCUT2D eigenvalue weighted by Crippen LogP contribution is -1.99. The lowest BCUT2D eigenvalue weighted by molar-refractivity contribution is 0.992. The topological polar surface area (TPSA) is 90.2 Å². The van der Waals surface area contributed by atoms with Crippen molar-refractivity contribution in [1.29, 1.82) is 0 Å². The summed E-state index contributed by atoms with van der Waals surface area (Å²) in [5.74, 6) is 3.35. The van der Waals surface area contributed by atoms with E-state index < -0.39 is 0 Å². The van der Waals surface area contributed by atoms with Crippen molar-refractivity contribution < 1.29 is 0 Å². The molecule has 0 fully saturated rings. The molecule has 0 saturated heterocycles. The molecule has 0 radical (unpaired) electrons. The van der Waals surface area contributed by atoms with Gasteiger partial charge in [-0.1, -0.05) is 84.9 Å². The van der Waals surface area contributed by atoms with Gasteiger partial charge in [-0.15, -0.1) is 0 Å². The van der Waals surface area contributed by atoms with Crippen molar-refractivity contribution in [3.8, 4) is 67.8 Å². The van der Waals surface area contributed by atoms with Crippen molar-refractivity contribution in [3.05, 3.63) is 140 Å². The van der Waals surface area contributed by atoms with Gasteiger partial charge >= 0.3 is 0 Å². The number of nitrogens with zero attached hydrogens (tertiary/aromatic N) is 7. The molecule has 204 valence electrons. The van der Waals surface area contributed by atoms with E-state index in [9.17, 15) is 0 Å². The van der Waals surface area contributed by atoms with Gasteiger partial charge in [0.2, 0.25) is 0 Å². The number of aromatic nitrogens is 7. The SMILES string of the molecule is Cc1nc(-c2cccc(-c3ccc(-c4ncccn4)cc3)c2)nc(-c2cccc(-c3ccc(-c4ncccn4)cc3)c2)n1. The summed E-state index contributed by atoms with van der Waals surface area (Å²) in [5.41, 5.74) is 8.12. The molecule has 0 N–H and O–H groups in total. The maximum atomic E-state index is 4.90. The molecule has 0 bridgehead atoms. The second kappa shape index (κ2) is 11.5. The van der Waals surface area contributed by atoms with Crippen LogP contribution in [0.2, 0.25) is 0 Å². The first-order valence-corrected chi connectivity index (χ1v) is 13.9. The number of hydrogen-bond donors (Lipinski definition) is 0. The molecule has 0 spiro atoms. The molecule has 0 unspecified atom stereocenters. The minimum atomic E-state index is 0.635. The van der Waals surface area contributed by atoms with Crippen molar-refractivity contribution in [2.75, 3.05) is 0 Å². The van der Waals surface area contributed by atoms with Crippen molar-refractivity contribution in [3.63, 3.8) is 0 Å². The maximum Gasteiger partial charge on any atom is 0.163 e. The summed E-state index contributed by atoms with van der Waals surface area (Å²) >= 11 is 0. The fraction of sp³-hybridized carbons (Fsp3) is 0.0278. The number of aryl methyl sites for hydroxylation is 1. The van der Waals surface area contributed by atoms with E-state index in [4.69, 9.17) is 4.98 Å². The highest BCUT2D eigenvalue weighted by Gasteiger charge is 2.12. The Hall–Kier alpha value is -5.95. The van der Waals surface area contributed by atoms with Crippen LogP contribution in [-0.2, 0) is 0 Å². The first-order valence-electron chi connectivity index (χ1n) is 13.9. The molecule has 7 rings (SSSR count). The van der Waals surface area contributed by atoms with E-state index in [1.807, 2.05) is 67.6 Å². The predicted molar refractivity (Wildman–Crippen MR) is 168 cm³/mol. The van der Waals surface area contributed by atoms with Crippen LogP contribution in [0.15, 0.2) is 134 Å². The molecule has 0 atom stereocenters. The summed E-state index contributed by atoms with van der Waals surface area (Å²) in [5, 5.41) is 0. The van der Waals surface area contributed by atoms with Gasteiger partial charge < -0.3 is 0 Å². The molecular weight excluding hydrogens is 530 g/mol. The van der Waals surface area contributed by atoms with Gasteiger partial charge in [0, 0.05) is 47.0 Å². The molecule has 7 aromatic rings. The monoisotopic (exact) mass is 555 g/mol. The number of benzene rings is 4. The predicted octanol–water partition coefficient (Wildman–Crippen LogP) is 7.76. The molecule has 0 aliphatic carbocycles. The second-order valence-electron chi connectivity index (χ2n) is 9.99. The van der Waals surface area contributed by atoms with Crippen LogP contribution in [0.3, 0.4) is 0 Å². The van der Waals surface area contributed by atoms with E-state index in [2.05, 4.69) is 78.4 Å². The van der Waals surface area contributed by atoms with Gasteiger partial charge in [-0.25, -0.2) is 34.9 Å². The molecule has 0 saturated carbocycles. The standard InChI is InChI=1S/C36H25N7/c1-24-41-35(31-8-2-6-29(22-31)25-10-14-27(15-11-25)33-37-18-4-19-38-33)43-36(42-24)32-9-3-7-30(23-32)26-12-16-28(17-13-26)34-39-20-5-21-40-34/h2-23H,1H3. The Kier molecular flexibility index (Phi) is 6.95. The second-order valence-corrected chi connectivity index (χ2v) is 9.99.